The molecule has 1 saturated heterocycles. The quantitative estimate of drug-likeness (QED) is 0.909. The Bertz CT molecular complexity index is 732. The molecule has 1 aromatic heterocycles. The number of anilines is 1. The Morgan fingerprint density at radius 1 is 1.36 bits per heavy atom. The van der Waals surface area contributed by atoms with Crippen LogP contribution in [0.4, 0.5) is 5.82 Å². The average Bonchev–Trinajstić information content (AvgIpc) is 2.68. The maximum Gasteiger partial charge on any atom is 0.227 e. The van der Waals surface area contributed by atoms with E-state index in [1.807, 2.05) is 42.4 Å². The van der Waals surface area contributed by atoms with Gasteiger partial charge in [-0.2, -0.15) is 0 Å². The van der Waals surface area contributed by atoms with Gasteiger partial charge >= 0.3 is 0 Å². The van der Waals surface area contributed by atoms with Crippen molar-refractivity contribution >= 4 is 11.7 Å². The second-order valence-corrected chi connectivity index (χ2v) is 6.39. The number of hydrogen-bond acceptors (Lipinski definition) is 4. The zero-order valence-corrected chi connectivity index (χ0v) is 14.9. The number of carbonyl (C=O) groups is 1. The number of methoxy groups -OCH3 is 1. The molecule has 1 fully saturated rings. The molecule has 3 rings (SSSR count). The number of benzene rings is 1. The average molecular weight is 339 g/mol. The number of likely N-dealkylation sites (tertiary alicyclic amines) is 1. The van der Waals surface area contributed by atoms with Crippen molar-refractivity contribution in [2.75, 3.05) is 32.6 Å². The number of pyridine rings is 1. The normalized spacial score (nSPS) is 17.2. The first kappa shape index (κ1) is 17.3. The maximum absolute atomic E-state index is 12.8. The van der Waals surface area contributed by atoms with Crippen LogP contribution in [0.2, 0.25) is 0 Å². The fourth-order valence-electron chi connectivity index (χ4n) is 3.44. The third-order valence-electron chi connectivity index (χ3n) is 4.82. The Morgan fingerprint density at radius 3 is 3.00 bits per heavy atom. The lowest BCUT2D eigenvalue weighted by molar-refractivity contribution is -0.131. The van der Waals surface area contributed by atoms with Crippen LogP contribution >= 0.6 is 0 Å². The number of para-hydroxylation sites is 1. The molecule has 2 heterocycles. The third-order valence-corrected chi connectivity index (χ3v) is 4.82. The minimum Gasteiger partial charge on any atom is -0.496 e. The van der Waals surface area contributed by atoms with E-state index < -0.39 is 0 Å². The fraction of sp³-hybridized carbons (Fsp3) is 0.400. The molecule has 0 spiro atoms. The van der Waals surface area contributed by atoms with E-state index in [-0.39, 0.29) is 5.91 Å². The van der Waals surface area contributed by atoms with Gasteiger partial charge in [-0.15, -0.1) is 0 Å². The van der Waals surface area contributed by atoms with E-state index in [4.69, 9.17) is 4.74 Å². The first-order chi connectivity index (χ1) is 12.2. The highest BCUT2D eigenvalue weighted by Crippen LogP contribution is 2.28. The molecule has 5 heteroatoms. The zero-order chi connectivity index (χ0) is 17.6. The predicted octanol–water partition coefficient (Wildman–Crippen LogP) is 3.08. The molecule has 0 unspecified atom stereocenters. The van der Waals surface area contributed by atoms with E-state index in [0.717, 1.165) is 43.1 Å². The smallest absolute Gasteiger partial charge is 0.227 e. The van der Waals surface area contributed by atoms with E-state index in [2.05, 4.69) is 22.4 Å². The van der Waals surface area contributed by atoms with Gasteiger partial charge in [-0.05, 0) is 36.6 Å². The Hall–Kier alpha value is -2.56. The summed E-state index contributed by atoms with van der Waals surface area (Å²) in [6, 6.07) is 11.9. The number of aromatic nitrogens is 1. The first-order valence-electron chi connectivity index (χ1n) is 8.74. The molecular weight excluding hydrogens is 314 g/mol. The number of amides is 1. The summed E-state index contributed by atoms with van der Waals surface area (Å²) >= 11 is 0. The van der Waals surface area contributed by atoms with Gasteiger partial charge in [0.05, 0.1) is 13.5 Å². The molecular formula is C20H25N3O2. The topological polar surface area (TPSA) is 54.5 Å². The van der Waals surface area contributed by atoms with Crippen LogP contribution in [-0.2, 0) is 11.2 Å². The van der Waals surface area contributed by atoms with Gasteiger partial charge in [0.25, 0.3) is 0 Å². The van der Waals surface area contributed by atoms with E-state index in [0.29, 0.717) is 12.3 Å². The van der Waals surface area contributed by atoms with Crippen LogP contribution in [0.1, 0.15) is 29.9 Å². The van der Waals surface area contributed by atoms with E-state index in [9.17, 15) is 4.79 Å². The summed E-state index contributed by atoms with van der Waals surface area (Å²) in [6.07, 6.45) is 4.34. The highest BCUT2D eigenvalue weighted by molar-refractivity contribution is 5.79. The van der Waals surface area contributed by atoms with Crippen molar-refractivity contribution in [3.8, 4) is 5.75 Å². The van der Waals surface area contributed by atoms with Crippen molar-refractivity contribution < 1.29 is 9.53 Å². The molecule has 0 radical (unpaired) electrons. The predicted molar refractivity (Wildman–Crippen MR) is 99.0 cm³/mol. The van der Waals surface area contributed by atoms with Gasteiger partial charge in [0.15, 0.2) is 0 Å². The van der Waals surface area contributed by atoms with Crippen molar-refractivity contribution in [3.05, 3.63) is 53.7 Å². The minimum atomic E-state index is 0.164. The number of ether oxygens (including phenoxy) is 1. The van der Waals surface area contributed by atoms with Gasteiger partial charge in [0, 0.05) is 37.8 Å². The summed E-state index contributed by atoms with van der Waals surface area (Å²) in [7, 11) is 3.51. The molecule has 25 heavy (non-hydrogen) atoms. The maximum atomic E-state index is 12.8. The van der Waals surface area contributed by atoms with Crippen molar-refractivity contribution in [3.63, 3.8) is 0 Å². The monoisotopic (exact) mass is 339 g/mol. The number of carbonyl (C=O) groups excluding carboxylic acids is 1. The molecule has 1 N–H and O–H groups in total. The lowest BCUT2D eigenvalue weighted by Crippen LogP contribution is -2.40. The summed E-state index contributed by atoms with van der Waals surface area (Å²) in [6.45, 7) is 1.59. The molecule has 1 atom stereocenters. The molecule has 1 amide bonds. The molecule has 1 aliphatic rings. The van der Waals surface area contributed by atoms with Crippen molar-refractivity contribution in [2.45, 2.75) is 25.2 Å². The van der Waals surface area contributed by atoms with Gasteiger partial charge < -0.3 is 15.0 Å². The van der Waals surface area contributed by atoms with Crippen molar-refractivity contribution in [2.24, 2.45) is 0 Å². The number of piperidine rings is 1. The van der Waals surface area contributed by atoms with E-state index in [1.54, 1.807) is 7.11 Å². The molecule has 0 aliphatic carbocycles. The van der Waals surface area contributed by atoms with Gasteiger partial charge in [0.2, 0.25) is 5.91 Å². The number of hydrogen-bond donors (Lipinski definition) is 1. The molecule has 0 bridgehead atoms. The number of nitrogens with one attached hydrogen (secondary N) is 1. The summed E-state index contributed by atoms with van der Waals surface area (Å²) in [5.41, 5.74) is 2.19. The highest BCUT2D eigenvalue weighted by atomic mass is 16.5. The van der Waals surface area contributed by atoms with Crippen LogP contribution in [-0.4, -0.2) is 43.0 Å². The van der Waals surface area contributed by atoms with Gasteiger partial charge in [-0.25, -0.2) is 4.98 Å². The minimum absolute atomic E-state index is 0.164. The van der Waals surface area contributed by atoms with Gasteiger partial charge in [-0.1, -0.05) is 18.2 Å². The van der Waals surface area contributed by atoms with E-state index in [1.165, 1.54) is 5.56 Å². The van der Waals surface area contributed by atoms with Crippen LogP contribution in [0, 0.1) is 0 Å². The Labute approximate surface area is 149 Å². The van der Waals surface area contributed by atoms with Gasteiger partial charge in [-0.3, -0.25) is 4.79 Å². The van der Waals surface area contributed by atoms with Crippen LogP contribution in [0.5, 0.6) is 5.75 Å². The second-order valence-electron chi connectivity index (χ2n) is 6.39. The standard InChI is InChI=1S/C20H25N3O2/c1-21-19-12-15(9-10-22-19)17-7-5-11-23(14-17)20(24)13-16-6-3-4-8-18(16)25-2/h3-4,6,8-10,12,17H,5,7,11,13-14H2,1-2H3,(H,21,22)/t17-/m0/s1. The highest BCUT2D eigenvalue weighted by Gasteiger charge is 2.25. The number of rotatable bonds is 5. The lowest BCUT2D eigenvalue weighted by Gasteiger charge is -2.33. The summed E-state index contributed by atoms with van der Waals surface area (Å²) in [5.74, 6) is 2.18. The van der Waals surface area contributed by atoms with Crippen molar-refractivity contribution in [1.82, 2.24) is 9.88 Å². The molecule has 132 valence electrons. The molecule has 1 aliphatic heterocycles. The zero-order valence-electron chi connectivity index (χ0n) is 14.9. The van der Waals surface area contributed by atoms with Gasteiger partial charge in [0.1, 0.15) is 11.6 Å². The lowest BCUT2D eigenvalue weighted by atomic mass is 9.91. The second kappa shape index (κ2) is 8.01. The fourth-order valence-corrected chi connectivity index (χ4v) is 3.44. The van der Waals surface area contributed by atoms with Crippen LogP contribution in [0.25, 0.3) is 0 Å². The SMILES string of the molecule is CNc1cc([C@H]2CCCN(C(=O)Cc3ccccc3OC)C2)ccn1. The summed E-state index contributed by atoms with van der Waals surface area (Å²) < 4.78 is 5.36. The molecule has 0 saturated carbocycles. The largest absolute Gasteiger partial charge is 0.496 e. The molecule has 1 aromatic carbocycles. The van der Waals surface area contributed by atoms with Crippen molar-refractivity contribution in [1.29, 1.82) is 0 Å². The summed E-state index contributed by atoms with van der Waals surface area (Å²) in [4.78, 5) is 19.0. The first-order valence-corrected chi connectivity index (χ1v) is 8.74. The Morgan fingerprint density at radius 2 is 2.20 bits per heavy atom. The summed E-state index contributed by atoms with van der Waals surface area (Å²) in [5, 5.41) is 3.08. The van der Waals surface area contributed by atoms with Crippen LogP contribution in [0.15, 0.2) is 42.6 Å². The Kier molecular flexibility index (Phi) is 5.53. The third kappa shape index (κ3) is 4.10. The Balaban J connectivity index is 1.69. The van der Waals surface area contributed by atoms with E-state index >= 15 is 0 Å². The number of nitrogens with zero attached hydrogens (tertiary/aromatic N) is 2. The molecule has 5 nitrogen and oxygen atoms in total. The molecule has 2 aromatic rings. The van der Waals surface area contributed by atoms with Crippen LogP contribution < -0.4 is 10.1 Å². The van der Waals surface area contributed by atoms with Crippen LogP contribution in [0.3, 0.4) is 0 Å².